The molecule has 0 bridgehead atoms. The normalized spacial score (nSPS) is 13.1. The number of anilines is 2. The number of benzene rings is 3. The molecule has 3 aromatic carbocycles. The minimum absolute atomic E-state index is 0.143. The SMILES string of the molecule is O=C(/C=C/c1ccc(F)cc1)Nc1ccc(N2C(=O)c3ccccc3C2=O)c(Cl)c1. The maximum absolute atomic E-state index is 12.9. The summed E-state index contributed by atoms with van der Waals surface area (Å²) in [6, 6.07) is 16.8. The zero-order chi connectivity index (χ0) is 21.3. The monoisotopic (exact) mass is 420 g/mol. The lowest BCUT2D eigenvalue weighted by atomic mass is 10.1. The maximum Gasteiger partial charge on any atom is 0.266 e. The minimum atomic E-state index is -0.448. The Morgan fingerprint density at radius 2 is 1.57 bits per heavy atom. The van der Waals surface area contributed by atoms with Crippen LogP contribution in [0.4, 0.5) is 15.8 Å². The third-order valence-corrected chi connectivity index (χ3v) is 4.85. The summed E-state index contributed by atoms with van der Waals surface area (Å²) in [4.78, 5) is 38.4. The molecule has 3 amide bonds. The summed E-state index contributed by atoms with van der Waals surface area (Å²) in [6.45, 7) is 0. The first-order valence-corrected chi connectivity index (χ1v) is 9.34. The molecule has 1 heterocycles. The highest BCUT2D eigenvalue weighted by atomic mass is 35.5. The van der Waals surface area contributed by atoms with Gasteiger partial charge in [-0.15, -0.1) is 0 Å². The van der Waals surface area contributed by atoms with Crippen LogP contribution in [0.5, 0.6) is 0 Å². The second kappa shape index (κ2) is 7.93. The minimum Gasteiger partial charge on any atom is -0.322 e. The van der Waals surface area contributed by atoms with Crippen molar-refractivity contribution in [1.29, 1.82) is 0 Å². The topological polar surface area (TPSA) is 66.5 Å². The standard InChI is InChI=1S/C23H14ClFN2O3/c24-19-13-16(26-21(28)12-7-14-5-8-15(25)9-6-14)10-11-20(19)27-22(29)17-3-1-2-4-18(17)23(27)30/h1-13H,(H,26,28)/b12-7+. The summed E-state index contributed by atoms with van der Waals surface area (Å²) in [6.07, 6.45) is 2.85. The van der Waals surface area contributed by atoms with Crippen molar-refractivity contribution in [2.45, 2.75) is 0 Å². The first-order valence-electron chi connectivity index (χ1n) is 8.96. The quantitative estimate of drug-likeness (QED) is 0.480. The molecule has 0 atom stereocenters. The van der Waals surface area contributed by atoms with Gasteiger partial charge in [0.25, 0.3) is 11.8 Å². The van der Waals surface area contributed by atoms with Crippen molar-refractivity contribution in [3.05, 3.63) is 100 Å². The highest BCUT2D eigenvalue weighted by Crippen LogP contribution is 2.34. The van der Waals surface area contributed by atoms with Crippen LogP contribution in [-0.4, -0.2) is 17.7 Å². The van der Waals surface area contributed by atoms with Gasteiger partial charge in [-0.25, -0.2) is 9.29 Å². The summed E-state index contributed by atoms with van der Waals surface area (Å²) in [5, 5.41) is 2.79. The van der Waals surface area contributed by atoms with E-state index in [-0.39, 0.29) is 16.5 Å². The number of rotatable bonds is 4. The summed E-state index contributed by atoms with van der Waals surface area (Å²) in [5.41, 5.74) is 1.95. The smallest absolute Gasteiger partial charge is 0.266 e. The van der Waals surface area contributed by atoms with Gasteiger partial charge in [0.2, 0.25) is 5.91 Å². The zero-order valence-corrected chi connectivity index (χ0v) is 16.2. The number of fused-ring (bicyclic) bond motifs is 1. The number of nitrogens with one attached hydrogen (secondary N) is 1. The van der Waals surface area contributed by atoms with Gasteiger partial charge >= 0.3 is 0 Å². The Hall–Kier alpha value is -3.77. The van der Waals surface area contributed by atoms with Gasteiger partial charge in [0.05, 0.1) is 21.8 Å². The van der Waals surface area contributed by atoms with Gasteiger partial charge in [-0.2, -0.15) is 0 Å². The van der Waals surface area contributed by atoms with Crippen molar-refractivity contribution < 1.29 is 18.8 Å². The second-order valence-electron chi connectivity index (χ2n) is 6.53. The molecule has 30 heavy (non-hydrogen) atoms. The molecule has 3 aromatic rings. The van der Waals surface area contributed by atoms with Crippen LogP contribution in [0.1, 0.15) is 26.3 Å². The Kier molecular flexibility index (Phi) is 5.16. The van der Waals surface area contributed by atoms with E-state index in [1.54, 1.807) is 48.5 Å². The highest BCUT2D eigenvalue weighted by molar-refractivity contribution is 6.40. The Morgan fingerprint density at radius 1 is 0.933 bits per heavy atom. The largest absolute Gasteiger partial charge is 0.322 e. The molecule has 0 saturated heterocycles. The molecule has 4 rings (SSSR count). The fourth-order valence-corrected chi connectivity index (χ4v) is 3.37. The van der Waals surface area contributed by atoms with Crippen molar-refractivity contribution in [3.63, 3.8) is 0 Å². The first kappa shape index (κ1) is 19.5. The van der Waals surface area contributed by atoms with E-state index in [0.717, 1.165) is 4.90 Å². The molecule has 7 heteroatoms. The van der Waals surface area contributed by atoms with Gasteiger partial charge in [-0.05, 0) is 54.1 Å². The van der Waals surface area contributed by atoms with E-state index in [1.807, 2.05) is 0 Å². The number of nitrogens with zero attached hydrogens (tertiary/aromatic N) is 1. The first-order chi connectivity index (χ1) is 14.4. The number of carbonyl (C=O) groups is 3. The van der Waals surface area contributed by atoms with Crippen molar-refractivity contribution in [1.82, 2.24) is 0 Å². The van der Waals surface area contributed by atoms with Gasteiger partial charge in [0, 0.05) is 11.8 Å². The highest BCUT2D eigenvalue weighted by Gasteiger charge is 2.37. The van der Waals surface area contributed by atoms with Crippen LogP contribution >= 0.6 is 11.6 Å². The fraction of sp³-hybridized carbons (Fsp3) is 0. The number of halogens is 2. The molecular formula is C23H14ClFN2O3. The van der Waals surface area contributed by atoms with E-state index >= 15 is 0 Å². The van der Waals surface area contributed by atoms with Crippen LogP contribution in [-0.2, 0) is 4.79 Å². The van der Waals surface area contributed by atoms with E-state index in [0.29, 0.717) is 22.4 Å². The molecule has 1 aliphatic heterocycles. The number of hydrogen-bond donors (Lipinski definition) is 1. The van der Waals surface area contributed by atoms with E-state index in [2.05, 4.69) is 5.32 Å². The third kappa shape index (κ3) is 3.73. The summed E-state index contributed by atoms with van der Waals surface area (Å²) in [7, 11) is 0. The molecule has 0 unspecified atom stereocenters. The third-order valence-electron chi connectivity index (χ3n) is 4.55. The molecule has 0 saturated carbocycles. The summed E-state index contributed by atoms with van der Waals surface area (Å²) >= 11 is 6.30. The number of carbonyl (C=O) groups excluding carboxylic acids is 3. The molecular weight excluding hydrogens is 407 g/mol. The van der Waals surface area contributed by atoms with Crippen LogP contribution in [0, 0.1) is 5.82 Å². The van der Waals surface area contributed by atoms with Crippen molar-refractivity contribution in [2.75, 3.05) is 10.2 Å². The number of imide groups is 1. The Bertz CT molecular complexity index is 1170. The number of amides is 3. The van der Waals surface area contributed by atoms with Gasteiger partial charge in [0.15, 0.2) is 0 Å². The van der Waals surface area contributed by atoms with Crippen LogP contribution in [0.2, 0.25) is 5.02 Å². The van der Waals surface area contributed by atoms with Crippen LogP contribution < -0.4 is 10.2 Å². The molecule has 0 fully saturated rings. The molecule has 1 aliphatic rings. The van der Waals surface area contributed by atoms with Gasteiger partial charge < -0.3 is 5.32 Å². The summed E-state index contributed by atoms with van der Waals surface area (Å²) < 4.78 is 12.9. The van der Waals surface area contributed by atoms with Crippen LogP contribution in [0.15, 0.2) is 72.8 Å². The Labute approximate surface area is 176 Å². The zero-order valence-electron chi connectivity index (χ0n) is 15.4. The van der Waals surface area contributed by atoms with Crippen molar-refractivity contribution in [2.24, 2.45) is 0 Å². The van der Waals surface area contributed by atoms with Gasteiger partial charge in [0.1, 0.15) is 5.82 Å². The van der Waals surface area contributed by atoms with E-state index in [4.69, 9.17) is 11.6 Å². The predicted molar refractivity (Wildman–Crippen MR) is 113 cm³/mol. The molecule has 5 nitrogen and oxygen atoms in total. The average Bonchev–Trinajstić information content (AvgIpc) is 2.99. The second-order valence-corrected chi connectivity index (χ2v) is 6.94. The number of hydrogen-bond acceptors (Lipinski definition) is 3. The Morgan fingerprint density at radius 3 is 2.17 bits per heavy atom. The van der Waals surface area contributed by atoms with Crippen molar-refractivity contribution >= 4 is 46.8 Å². The van der Waals surface area contributed by atoms with E-state index in [1.165, 1.54) is 30.3 Å². The van der Waals surface area contributed by atoms with Crippen molar-refractivity contribution in [3.8, 4) is 0 Å². The van der Waals surface area contributed by atoms with E-state index in [9.17, 15) is 18.8 Å². The van der Waals surface area contributed by atoms with Crippen LogP contribution in [0.25, 0.3) is 6.08 Å². The molecule has 0 aromatic heterocycles. The lowest BCUT2D eigenvalue weighted by molar-refractivity contribution is -0.111. The predicted octanol–water partition coefficient (Wildman–Crippen LogP) is 4.93. The Balaban J connectivity index is 1.50. The van der Waals surface area contributed by atoms with E-state index < -0.39 is 17.7 Å². The molecule has 0 spiro atoms. The lowest BCUT2D eigenvalue weighted by Gasteiger charge is -2.16. The molecule has 0 aliphatic carbocycles. The molecule has 148 valence electrons. The molecule has 1 N–H and O–H groups in total. The van der Waals surface area contributed by atoms with Gasteiger partial charge in [-0.1, -0.05) is 35.9 Å². The van der Waals surface area contributed by atoms with Crippen LogP contribution in [0.3, 0.4) is 0 Å². The van der Waals surface area contributed by atoms with Gasteiger partial charge in [-0.3, -0.25) is 14.4 Å². The summed E-state index contributed by atoms with van der Waals surface area (Å²) in [5.74, 6) is -1.67. The lowest BCUT2D eigenvalue weighted by Crippen LogP contribution is -2.29. The molecule has 0 radical (unpaired) electrons. The average molecular weight is 421 g/mol. The maximum atomic E-state index is 12.9. The fourth-order valence-electron chi connectivity index (χ4n) is 3.10.